The highest BCUT2D eigenvalue weighted by Crippen LogP contribution is 2.58. The van der Waals surface area contributed by atoms with Crippen molar-refractivity contribution in [1.29, 1.82) is 0 Å². The van der Waals surface area contributed by atoms with Gasteiger partial charge in [-0.2, -0.15) is 0 Å². The summed E-state index contributed by atoms with van der Waals surface area (Å²) in [7, 11) is 2.29. The van der Waals surface area contributed by atoms with Gasteiger partial charge in [0.25, 0.3) is 0 Å². The lowest BCUT2D eigenvalue weighted by Crippen LogP contribution is -2.66. The average molecular weight is 334 g/mol. The highest BCUT2D eigenvalue weighted by molar-refractivity contribution is 5.02. The summed E-state index contributed by atoms with van der Waals surface area (Å²) >= 11 is 0. The summed E-state index contributed by atoms with van der Waals surface area (Å²) in [5.74, 6) is 0.978. The summed E-state index contributed by atoms with van der Waals surface area (Å²) in [6.07, 6.45) is 8.79. The van der Waals surface area contributed by atoms with E-state index in [0.29, 0.717) is 5.41 Å². The number of nitrogens with zero attached hydrogens (tertiary/aromatic N) is 3. The third-order valence-electron chi connectivity index (χ3n) is 7.97. The molecule has 3 aliphatic heterocycles. The molecule has 3 heteroatoms. The van der Waals surface area contributed by atoms with Crippen molar-refractivity contribution in [3.05, 3.63) is 0 Å². The molecule has 4 rings (SSSR count). The summed E-state index contributed by atoms with van der Waals surface area (Å²) in [6.45, 7) is 15.3. The lowest BCUT2D eigenvalue weighted by Gasteiger charge is -2.58. The molecule has 1 saturated carbocycles. The van der Waals surface area contributed by atoms with E-state index in [4.69, 9.17) is 0 Å². The van der Waals surface area contributed by atoms with Crippen LogP contribution in [0.4, 0.5) is 0 Å². The number of likely N-dealkylation sites (tertiary alicyclic amines) is 3. The van der Waals surface area contributed by atoms with Gasteiger partial charge in [0.15, 0.2) is 0 Å². The van der Waals surface area contributed by atoms with Gasteiger partial charge in [0.1, 0.15) is 0 Å². The van der Waals surface area contributed by atoms with E-state index in [2.05, 4.69) is 42.5 Å². The molecule has 3 nitrogen and oxygen atoms in total. The molecule has 3 saturated heterocycles. The Labute approximate surface area is 149 Å². The number of hydrogen-bond acceptors (Lipinski definition) is 3. The van der Waals surface area contributed by atoms with Crippen molar-refractivity contribution in [2.45, 2.75) is 71.4 Å². The van der Waals surface area contributed by atoms with E-state index in [1.54, 1.807) is 0 Å². The van der Waals surface area contributed by atoms with Crippen LogP contribution in [0.25, 0.3) is 0 Å². The zero-order valence-corrected chi connectivity index (χ0v) is 16.6. The van der Waals surface area contributed by atoms with Crippen molar-refractivity contribution in [3.63, 3.8) is 0 Å². The molecule has 0 aromatic heterocycles. The van der Waals surface area contributed by atoms with Crippen LogP contribution in [0, 0.1) is 16.7 Å². The van der Waals surface area contributed by atoms with Gasteiger partial charge in [0.05, 0.1) is 0 Å². The van der Waals surface area contributed by atoms with Gasteiger partial charge in [-0.05, 0) is 82.0 Å². The lowest BCUT2D eigenvalue weighted by atomic mass is 9.51. The van der Waals surface area contributed by atoms with Gasteiger partial charge in [-0.1, -0.05) is 20.8 Å². The topological polar surface area (TPSA) is 9.72 Å². The van der Waals surface area contributed by atoms with Crippen molar-refractivity contribution in [2.75, 3.05) is 46.3 Å². The van der Waals surface area contributed by atoms with Crippen LogP contribution in [0.3, 0.4) is 0 Å². The van der Waals surface area contributed by atoms with Gasteiger partial charge in [0.2, 0.25) is 0 Å². The number of piperidine rings is 2. The Morgan fingerprint density at radius 2 is 1.50 bits per heavy atom. The second kappa shape index (κ2) is 6.25. The minimum absolute atomic E-state index is 0.532. The summed E-state index contributed by atoms with van der Waals surface area (Å²) in [4.78, 5) is 8.12. The van der Waals surface area contributed by atoms with Gasteiger partial charge in [-0.3, -0.25) is 9.80 Å². The van der Waals surface area contributed by atoms with Gasteiger partial charge in [-0.15, -0.1) is 0 Å². The maximum Gasteiger partial charge on any atom is 0.0350 e. The van der Waals surface area contributed by atoms with E-state index in [0.717, 1.165) is 23.4 Å². The van der Waals surface area contributed by atoms with Gasteiger partial charge in [0, 0.05) is 31.7 Å². The molecule has 0 amide bonds. The number of rotatable bonds is 2. The fourth-order valence-corrected chi connectivity index (χ4v) is 5.82. The van der Waals surface area contributed by atoms with Crippen molar-refractivity contribution < 1.29 is 0 Å². The predicted molar refractivity (Wildman–Crippen MR) is 101 cm³/mol. The molecule has 1 spiro atoms. The molecule has 4 fully saturated rings. The van der Waals surface area contributed by atoms with Crippen molar-refractivity contribution in [1.82, 2.24) is 14.7 Å². The molecule has 1 unspecified atom stereocenters. The van der Waals surface area contributed by atoms with Gasteiger partial charge in [-0.25, -0.2) is 0 Å². The summed E-state index contributed by atoms with van der Waals surface area (Å²) in [5, 5.41) is 0. The summed E-state index contributed by atoms with van der Waals surface area (Å²) < 4.78 is 0. The number of likely N-dealkylation sites (N-methyl/N-ethyl adjacent to an activating group) is 1. The summed E-state index contributed by atoms with van der Waals surface area (Å²) in [5.41, 5.74) is 1.27. The second-order valence-electron chi connectivity index (χ2n) is 10.7. The first-order chi connectivity index (χ1) is 11.3. The maximum absolute atomic E-state index is 2.83. The van der Waals surface area contributed by atoms with E-state index in [1.165, 1.54) is 77.8 Å². The molecule has 0 radical (unpaired) electrons. The predicted octanol–water partition coefficient (Wildman–Crippen LogP) is 3.30. The molecular formula is C21H39N3. The monoisotopic (exact) mass is 333 g/mol. The highest BCUT2D eigenvalue weighted by Gasteiger charge is 2.50. The molecule has 0 aromatic rings. The average Bonchev–Trinajstić information content (AvgIpc) is 2.43. The molecule has 3 heterocycles. The first kappa shape index (κ1) is 17.3. The zero-order chi connectivity index (χ0) is 16.9. The molecule has 0 N–H and O–H groups in total. The fourth-order valence-electron chi connectivity index (χ4n) is 5.82. The largest absolute Gasteiger partial charge is 0.305 e. The number of hydrogen-bond donors (Lipinski definition) is 0. The molecule has 0 bridgehead atoms. The van der Waals surface area contributed by atoms with E-state index in [1.807, 2.05) is 0 Å². The Bertz CT molecular complexity index is 432. The quantitative estimate of drug-likeness (QED) is 0.768. The maximum atomic E-state index is 2.83. The van der Waals surface area contributed by atoms with E-state index in [9.17, 15) is 0 Å². The Hall–Kier alpha value is -0.120. The second-order valence-corrected chi connectivity index (χ2v) is 10.7. The van der Waals surface area contributed by atoms with E-state index >= 15 is 0 Å². The van der Waals surface area contributed by atoms with Crippen LogP contribution in [-0.2, 0) is 0 Å². The molecule has 1 atom stereocenters. The Balaban J connectivity index is 1.20. The molecular weight excluding hydrogens is 294 g/mol. The minimum Gasteiger partial charge on any atom is -0.305 e. The standard InChI is InChI=1S/C21H39N3/c1-20(2,3)17-12-21(13-17)7-10-23(11-8-21)19-15-24(16-19)18-6-5-9-22(4)14-18/h17-19H,5-16H2,1-4H3. The third-order valence-corrected chi connectivity index (χ3v) is 7.97. The normalized spacial score (nSPS) is 34.2. The first-order valence-electron chi connectivity index (χ1n) is 10.5. The van der Waals surface area contributed by atoms with Gasteiger partial charge >= 0.3 is 0 Å². The smallest absolute Gasteiger partial charge is 0.0350 e. The Kier molecular flexibility index (Phi) is 4.50. The van der Waals surface area contributed by atoms with Gasteiger partial charge < -0.3 is 4.90 Å². The molecule has 0 aromatic carbocycles. The lowest BCUT2D eigenvalue weighted by molar-refractivity contribution is -0.0852. The van der Waals surface area contributed by atoms with Crippen molar-refractivity contribution >= 4 is 0 Å². The molecule has 138 valence electrons. The zero-order valence-electron chi connectivity index (χ0n) is 16.6. The van der Waals surface area contributed by atoms with Crippen LogP contribution >= 0.6 is 0 Å². The van der Waals surface area contributed by atoms with E-state index < -0.39 is 0 Å². The first-order valence-corrected chi connectivity index (χ1v) is 10.5. The third kappa shape index (κ3) is 3.29. The van der Waals surface area contributed by atoms with Crippen LogP contribution in [-0.4, -0.2) is 73.1 Å². The van der Waals surface area contributed by atoms with E-state index in [-0.39, 0.29) is 0 Å². The fraction of sp³-hybridized carbons (Fsp3) is 1.00. The van der Waals surface area contributed by atoms with Crippen LogP contribution in [0.1, 0.15) is 59.3 Å². The van der Waals surface area contributed by atoms with Crippen LogP contribution < -0.4 is 0 Å². The Morgan fingerprint density at radius 1 is 0.833 bits per heavy atom. The van der Waals surface area contributed by atoms with Crippen LogP contribution in [0.5, 0.6) is 0 Å². The highest BCUT2D eigenvalue weighted by atomic mass is 15.3. The van der Waals surface area contributed by atoms with Crippen LogP contribution in [0.2, 0.25) is 0 Å². The molecule has 24 heavy (non-hydrogen) atoms. The van der Waals surface area contributed by atoms with Crippen molar-refractivity contribution in [2.24, 2.45) is 16.7 Å². The molecule has 1 aliphatic carbocycles. The minimum atomic E-state index is 0.532. The SMILES string of the molecule is CN1CCCC(N2CC(N3CCC4(CC3)CC(C(C)(C)C)C4)C2)C1. The molecule has 4 aliphatic rings. The van der Waals surface area contributed by atoms with Crippen molar-refractivity contribution in [3.8, 4) is 0 Å². The Morgan fingerprint density at radius 3 is 2.08 bits per heavy atom. The summed E-state index contributed by atoms with van der Waals surface area (Å²) in [6, 6.07) is 1.71. The van der Waals surface area contributed by atoms with Crippen LogP contribution in [0.15, 0.2) is 0 Å².